The van der Waals surface area contributed by atoms with E-state index in [1.165, 1.54) is 6.42 Å². The van der Waals surface area contributed by atoms with Gasteiger partial charge < -0.3 is 16.2 Å². The Morgan fingerprint density at radius 2 is 2.06 bits per heavy atom. The molecule has 0 aliphatic heterocycles. The van der Waals surface area contributed by atoms with Gasteiger partial charge in [0.25, 0.3) is 0 Å². The molecular weight excluding hydrogens is 228 g/mol. The Kier molecular flexibility index (Phi) is 4.28. The first-order valence-electron chi connectivity index (χ1n) is 7.19. The molecule has 5 unspecified atom stereocenters. The summed E-state index contributed by atoms with van der Waals surface area (Å²) in [4.78, 5) is 12.3. The van der Waals surface area contributed by atoms with Crippen LogP contribution in [0.5, 0.6) is 0 Å². The Morgan fingerprint density at radius 3 is 2.56 bits per heavy atom. The van der Waals surface area contributed by atoms with Crippen molar-refractivity contribution >= 4 is 5.91 Å². The van der Waals surface area contributed by atoms with Crippen molar-refractivity contribution in [2.45, 2.75) is 51.6 Å². The highest BCUT2D eigenvalue weighted by atomic mass is 16.3. The molecule has 5 atom stereocenters. The van der Waals surface area contributed by atoms with Crippen molar-refractivity contribution in [2.75, 3.05) is 6.61 Å². The average molecular weight is 254 g/mol. The number of rotatable bonds is 5. The molecule has 4 nitrogen and oxygen atoms in total. The Labute approximate surface area is 109 Å². The van der Waals surface area contributed by atoms with Gasteiger partial charge in [0.1, 0.15) is 0 Å². The first-order valence-corrected chi connectivity index (χ1v) is 7.19. The van der Waals surface area contributed by atoms with Gasteiger partial charge in [-0.25, -0.2) is 0 Å². The maximum absolute atomic E-state index is 12.3. The third-order valence-corrected chi connectivity index (χ3v) is 4.61. The number of aliphatic hydroxyl groups is 1. The number of aliphatic hydroxyl groups excluding tert-OH is 1. The quantitative estimate of drug-likeness (QED) is 0.682. The van der Waals surface area contributed by atoms with E-state index in [1.807, 2.05) is 0 Å². The molecule has 0 radical (unpaired) electrons. The molecule has 0 aromatic rings. The molecule has 4 heteroatoms. The summed E-state index contributed by atoms with van der Waals surface area (Å²) in [6.07, 6.45) is 4.26. The minimum atomic E-state index is -0.121. The lowest BCUT2D eigenvalue weighted by Gasteiger charge is -2.29. The number of hydrogen-bond donors (Lipinski definition) is 3. The molecule has 18 heavy (non-hydrogen) atoms. The molecule has 2 fully saturated rings. The van der Waals surface area contributed by atoms with Crippen LogP contribution in [0.25, 0.3) is 0 Å². The molecule has 2 saturated carbocycles. The maximum Gasteiger partial charge on any atom is 0.225 e. The summed E-state index contributed by atoms with van der Waals surface area (Å²) in [5.41, 5.74) is 6.16. The van der Waals surface area contributed by atoms with Gasteiger partial charge in [-0.05, 0) is 43.4 Å². The van der Waals surface area contributed by atoms with Gasteiger partial charge in [-0.2, -0.15) is 0 Å². The summed E-state index contributed by atoms with van der Waals surface area (Å²) in [6, 6.07) is -0.0917. The minimum Gasteiger partial charge on any atom is -0.394 e. The van der Waals surface area contributed by atoms with E-state index in [9.17, 15) is 9.90 Å². The maximum atomic E-state index is 12.3. The van der Waals surface area contributed by atoms with Crippen LogP contribution in [-0.2, 0) is 4.79 Å². The van der Waals surface area contributed by atoms with E-state index in [1.54, 1.807) is 0 Å². The fourth-order valence-electron chi connectivity index (χ4n) is 3.77. The Balaban J connectivity index is 1.91. The molecular formula is C14H26N2O2. The van der Waals surface area contributed by atoms with Crippen molar-refractivity contribution in [1.82, 2.24) is 5.32 Å². The second kappa shape index (κ2) is 5.57. The van der Waals surface area contributed by atoms with Gasteiger partial charge in [0.05, 0.1) is 18.6 Å². The Hall–Kier alpha value is -0.610. The molecule has 2 aliphatic rings. The molecule has 1 amide bonds. The molecule has 4 N–H and O–H groups in total. The van der Waals surface area contributed by atoms with Crippen molar-refractivity contribution in [3.05, 3.63) is 0 Å². The van der Waals surface area contributed by atoms with Gasteiger partial charge in [0, 0.05) is 6.04 Å². The van der Waals surface area contributed by atoms with E-state index in [2.05, 4.69) is 19.2 Å². The van der Waals surface area contributed by atoms with E-state index >= 15 is 0 Å². The van der Waals surface area contributed by atoms with Crippen LogP contribution in [-0.4, -0.2) is 29.7 Å². The van der Waals surface area contributed by atoms with E-state index in [0.29, 0.717) is 17.8 Å². The van der Waals surface area contributed by atoms with Gasteiger partial charge in [-0.15, -0.1) is 0 Å². The number of hydrogen-bond acceptors (Lipinski definition) is 3. The fourth-order valence-corrected chi connectivity index (χ4v) is 3.77. The Bertz CT molecular complexity index is 304. The van der Waals surface area contributed by atoms with Crippen LogP contribution in [0.4, 0.5) is 0 Å². The lowest BCUT2D eigenvalue weighted by Crippen LogP contribution is -2.49. The number of nitrogens with two attached hydrogens (primary N) is 1. The van der Waals surface area contributed by atoms with Gasteiger partial charge in [0.2, 0.25) is 5.91 Å². The molecule has 0 heterocycles. The van der Waals surface area contributed by atoms with Crippen molar-refractivity contribution in [3.8, 4) is 0 Å². The van der Waals surface area contributed by atoms with Crippen molar-refractivity contribution < 1.29 is 9.90 Å². The summed E-state index contributed by atoms with van der Waals surface area (Å²) in [7, 11) is 0. The number of fused-ring (bicyclic) bond motifs is 2. The SMILES string of the molecule is CC(C)CC(CO)NC(=O)C1C2CCC(C2)C1N. The second-order valence-corrected chi connectivity index (χ2v) is 6.45. The molecule has 0 spiro atoms. The largest absolute Gasteiger partial charge is 0.394 e. The highest BCUT2D eigenvalue weighted by Gasteiger charge is 2.49. The summed E-state index contributed by atoms with van der Waals surface area (Å²) < 4.78 is 0. The number of carbonyl (C=O) groups excluding carboxylic acids is 1. The predicted molar refractivity (Wildman–Crippen MR) is 70.8 cm³/mol. The van der Waals surface area contributed by atoms with Crippen molar-refractivity contribution in [1.29, 1.82) is 0 Å². The standard InChI is InChI=1S/C14H26N2O2/c1-8(2)5-11(7-17)16-14(18)12-9-3-4-10(6-9)13(12)15/h8-13,17H,3-7,15H2,1-2H3,(H,16,18). The highest BCUT2D eigenvalue weighted by molar-refractivity contribution is 5.80. The molecule has 104 valence electrons. The second-order valence-electron chi connectivity index (χ2n) is 6.45. The van der Waals surface area contributed by atoms with Crippen LogP contribution in [0.2, 0.25) is 0 Å². The average Bonchev–Trinajstić information content (AvgIpc) is 2.87. The molecule has 0 aromatic heterocycles. The monoisotopic (exact) mass is 254 g/mol. The van der Waals surface area contributed by atoms with E-state index in [-0.39, 0.29) is 30.5 Å². The van der Waals surface area contributed by atoms with Gasteiger partial charge >= 0.3 is 0 Å². The summed E-state index contributed by atoms with van der Waals surface area (Å²) >= 11 is 0. The van der Waals surface area contributed by atoms with Crippen LogP contribution < -0.4 is 11.1 Å². The topological polar surface area (TPSA) is 75.3 Å². The lowest BCUT2D eigenvalue weighted by atomic mass is 9.84. The molecule has 0 saturated heterocycles. The van der Waals surface area contributed by atoms with Crippen molar-refractivity contribution in [3.63, 3.8) is 0 Å². The fraction of sp³-hybridized carbons (Fsp3) is 0.929. The van der Waals surface area contributed by atoms with Crippen LogP contribution in [0.15, 0.2) is 0 Å². The molecule has 2 aliphatic carbocycles. The zero-order valence-electron chi connectivity index (χ0n) is 11.4. The van der Waals surface area contributed by atoms with Gasteiger partial charge in [-0.3, -0.25) is 4.79 Å². The van der Waals surface area contributed by atoms with Gasteiger partial charge in [0.15, 0.2) is 0 Å². The minimum absolute atomic E-state index is 0.0139. The molecule has 2 bridgehead atoms. The third-order valence-electron chi connectivity index (χ3n) is 4.61. The summed E-state index contributed by atoms with van der Waals surface area (Å²) in [5, 5.41) is 12.3. The van der Waals surface area contributed by atoms with Crippen LogP contribution >= 0.6 is 0 Å². The van der Waals surface area contributed by atoms with Gasteiger partial charge in [-0.1, -0.05) is 13.8 Å². The highest BCUT2D eigenvalue weighted by Crippen LogP contribution is 2.47. The predicted octanol–water partition coefficient (Wildman–Crippen LogP) is 0.883. The zero-order valence-corrected chi connectivity index (χ0v) is 11.4. The van der Waals surface area contributed by atoms with E-state index < -0.39 is 0 Å². The Morgan fingerprint density at radius 1 is 1.39 bits per heavy atom. The normalized spacial score (nSPS) is 36.1. The van der Waals surface area contributed by atoms with E-state index in [4.69, 9.17) is 5.73 Å². The summed E-state index contributed by atoms with van der Waals surface area (Å²) in [6.45, 7) is 4.20. The lowest BCUT2D eigenvalue weighted by molar-refractivity contribution is -0.128. The smallest absolute Gasteiger partial charge is 0.225 e. The van der Waals surface area contributed by atoms with Crippen LogP contribution in [0.1, 0.15) is 39.5 Å². The van der Waals surface area contributed by atoms with Crippen LogP contribution in [0, 0.1) is 23.7 Å². The van der Waals surface area contributed by atoms with Crippen LogP contribution in [0.3, 0.4) is 0 Å². The first-order chi connectivity index (χ1) is 8.52. The first kappa shape index (κ1) is 13.8. The van der Waals surface area contributed by atoms with E-state index in [0.717, 1.165) is 19.3 Å². The number of carbonyl (C=O) groups is 1. The zero-order chi connectivity index (χ0) is 13.3. The number of nitrogens with one attached hydrogen (secondary N) is 1. The molecule has 0 aromatic carbocycles. The summed E-state index contributed by atoms with van der Waals surface area (Å²) in [5.74, 6) is 1.53. The third kappa shape index (κ3) is 2.69. The number of amides is 1. The van der Waals surface area contributed by atoms with Crippen molar-refractivity contribution in [2.24, 2.45) is 29.4 Å². The molecule has 2 rings (SSSR count).